The van der Waals surface area contributed by atoms with Gasteiger partial charge in [-0.25, -0.2) is 13.8 Å². The lowest BCUT2D eigenvalue weighted by Gasteiger charge is -2.33. The second-order valence-electron chi connectivity index (χ2n) is 10.6. The fourth-order valence-corrected chi connectivity index (χ4v) is 5.29. The third-order valence-electron chi connectivity index (χ3n) is 6.73. The monoisotopic (exact) mass is 520 g/mol. The molecule has 3 aromatic rings. The Morgan fingerprint density at radius 2 is 1.97 bits per heavy atom. The summed E-state index contributed by atoms with van der Waals surface area (Å²) in [6.45, 7) is 7.67. The summed E-state index contributed by atoms with van der Waals surface area (Å²) >= 11 is -1.23. The summed E-state index contributed by atoms with van der Waals surface area (Å²) in [4.78, 5) is 21.1. The average Bonchev–Trinajstić information content (AvgIpc) is 3.42. The van der Waals surface area contributed by atoms with Crippen LogP contribution in [0.1, 0.15) is 87.3 Å². The summed E-state index contributed by atoms with van der Waals surface area (Å²) in [5.74, 6) is -2.66. The van der Waals surface area contributed by atoms with Gasteiger partial charge in [0.05, 0.1) is 23.1 Å². The smallest absolute Gasteiger partial charge is 0.270 e. The number of aromatic nitrogens is 4. The molecule has 3 N–H and O–H groups in total. The molecule has 1 saturated carbocycles. The van der Waals surface area contributed by atoms with Crippen LogP contribution in [0.25, 0.3) is 11.0 Å². The summed E-state index contributed by atoms with van der Waals surface area (Å²) < 4.78 is 44.5. The molecule has 0 aliphatic heterocycles. The van der Waals surface area contributed by atoms with Gasteiger partial charge in [-0.2, -0.15) is 5.10 Å². The van der Waals surface area contributed by atoms with Crippen molar-refractivity contribution in [2.24, 2.45) is 13.0 Å². The van der Waals surface area contributed by atoms with E-state index in [4.69, 9.17) is 4.98 Å². The van der Waals surface area contributed by atoms with Gasteiger partial charge in [0.15, 0.2) is 0 Å². The first-order valence-electron chi connectivity index (χ1n) is 12.2. The van der Waals surface area contributed by atoms with E-state index in [0.29, 0.717) is 17.0 Å². The lowest BCUT2D eigenvalue weighted by atomic mass is 9.81. The molecule has 4 rings (SSSR count). The molecular formula is C25H34F2N6O2S. The van der Waals surface area contributed by atoms with Crippen LogP contribution in [0, 0.1) is 5.92 Å². The van der Waals surface area contributed by atoms with E-state index in [1.54, 1.807) is 13.1 Å². The zero-order valence-electron chi connectivity index (χ0n) is 21.3. The van der Waals surface area contributed by atoms with Crippen LogP contribution in [0.5, 0.6) is 0 Å². The van der Waals surface area contributed by atoms with E-state index in [1.165, 1.54) is 10.9 Å². The quantitative estimate of drug-likeness (QED) is 0.391. The zero-order chi connectivity index (χ0) is 26.3. The van der Waals surface area contributed by atoms with Crippen molar-refractivity contribution in [1.29, 1.82) is 0 Å². The lowest BCUT2D eigenvalue weighted by molar-refractivity contribution is -0.0496. The first-order chi connectivity index (χ1) is 16.8. The zero-order valence-corrected chi connectivity index (χ0v) is 22.1. The number of rotatable bonds is 7. The van der Waals surface area contributed by atoms with Gasteiger partial charge in [-0.15, -0.1) is 4.72 Å². The molecule has 0 saturated heterocycles. The molecule has 2 heterocycles. The molecular weight excluding hydrogens is 486 g/mol. The number of aromatic amines is 1. The van der Waals surface area contributed by atoms with E-state index >= 15 is 0 Å². The Morgan fingerprint density at radius 1 is 1.28 bits per heavy atom. The molecule has 1 amide bonds. The Balaban J connectivity index is 1.61. The number of nitrogens with zero attached hydrogens (tertiary/aromatic N) is 3. The maximum Gasteiger partial charge on any atom is 0.270 e. The molecule has 11 heteroatoms. The Labute approximate surface area is 212 Å². The molecule has 1 aliphatic rings. The van der Waals surface area contributed by atoms with Crippen LogP contribution in [-0.4, -0.2) is 40.9 Å². The highest BCUT2D eigenvalue weighted by Gasteiger charge is 2.39. The average molecular weight is 521 g/mol. The highest BCUT2D eigenvalue weighted by Crippen LogP contribution is 2.41. The molecule has 196 valence electrons. The number of hydrogen-bond donors (Lipinski definition) is 3. The van der Waals surface area contributed by atoms with Crippen molar-refractivity contribution in [2.45, 2.75) is 76.1 Å². The number of benzene rings is 1. The van der Waals surface area contributed by atoms with Crippen LogP contribution in [-0.2, 0) is 18.4 Å². The van der Waals surface area contributed by atoms with Gasteiger partial charge in [0, 0.05) is 37.4 Å². The summed E-state index contributed by atoms with van der Waals surface area (Å²) in [5, 5.41) is 7.07. The molecule has 2 aromatic heterocycles. The van der Waals surface area contributed by atoms with Crippen LogP contribution in [0.4, 0.5) is 8.78 Å². The van der Waals surface area contributed by atoms with E-state index in [1.807, 2.05) is 45.9 Å². The van der Waals surface area contributed by atoms with Crippen molar-refractivity contribution in [3.05, 3.63) is 47.5 Å². The Bertz CT molecular complexity index is 1210. The summed E-state index contributed by atoms with van der Waals surface area (Å²) in [6, 6.07) is 6.64. The number of hydrogen-bond acceptors (Lipinski definition) is 5. The van der Waals surface area contributed by atoms with Gasteiger partial charge in [0.25, 0.3) is 5.91 Å². The fraction of sp³-hybridized carbons (Fsp3) is 0.560. The second kappa shape index (κ2) is 10.1. The maximum atomic E-state index is 13.9. The predicted octanol–water partition coefficient (Wildman–Crippen LogP) is 4.71. The van der Waals surface area contributed by atoms with Crippen LogP contribution in [0.15, 0.2) is 30.5 Å². The number of carbonyl (C=O) groups excluding carboxylic acids is 1. The Kier molecular flexibility index (Phi) is 7.45. The molecule has 0 radical (unpaired) electrons. The predicted molar refractivity (Wildman–Crippen MR) is 136 cm³/mol. The molecule has 3 atom stereocenters. The van der Waals surface area contributed by atoms with Gasteiger partial charge >= 0.3 is 0 Å². The Morgan fingerprint density at radius 3 is 2.58 bits per heavy atom. The molecule has 8 nitrogen and oxygen atoms in total. The van der Waals surface area contributed by atoms with E-state index < -0.39 is 28.1 Å². The first-order valence-corrected chi connectivity index (χ1v) is 13.3. The maximum absolute atomic E-state index is 13.9. The summed E-state index contributed by atoms with van der Waals surface area (Å²) in [6.07, 6.45) is 1.68. The first kappa shape index (κ1) is 26.6. The highest BCUT2D eigenvalue weighted by molar-refractivity contribution is 7.90. The van der Waals surface area contributed by atoms with Gasteiger partial charge < -0.3 is 14.9 Å². The minimum Gasteiger partial charge on any atom is -0.598 e. The summed E-state index contributed by atoms with van der Waals surface area (Å²) in [5.41, 5.74) is 2.77. The van der Waals surface area contributed by atoms with Crippen LogP contribution < -0.4 is 10.0 Å². The van der Waals surface area contributed by atoms with Gasteiger partial charge in [0.2, 0.25) is 5.92 Å². The van der Waals surface area contributed by atoms with Crippen LogP contribution in [0.3, 0.4) is 0 Å². The minimum absolute atomic E-state index is 0.171. The number of nitrogens with one attached hydrogen (secondary N) is 3. The topological polar surface area (TPSA) is 111 Å². The standard InChI is InChI=1S/C25H34F2N6O2S/c1-15(32-36(35)24(2,3)4)17-6-7-18-19(14-17)30-22(29-18)21(16-8-11-25(26,27)12-9-16)31-23(34)20-10-13-28-33(20)5/h6-7,10,13-16,21,32H,8-9,11-12H2,1-5H3,(H,29,30)(H,31,34)/t15-,21+,36?/m1/s1. The van der Waals surface area contributed by atoms with Crippen molar-refractivity contribution in [3.8, 4) is 0 Å². The number of imidazole rings is 1. The molecule has 1 aromatic carbocycles. The van der Waals surface area contributed by atoms with Crippen molar-refractivity contribution in [3.63, 3.8) is 0 Å². The van der Waals surface area contributed by atoms with E-state index in [0.717, 1.165) is 11.1 Å². The van der Waals surface area contributed by atoms with E-state index in [-0.39, 0.29) is 43.6 Å². The molecule has 1 fully saturated rings. The molecule has 1 aliphatic carbocycles. The fourth-order valence-electron chi connectivity index (χ4n) is 4.48. The number of fused-ring (bicyclic) bond motifs is 1. The van der Waals surface area contributed by atoms with Crippen LogP contribution in [0.2, 0.25) is 0 Å². The number of halogens is 2. The van der Waals surface area contributed by atoms with Gasteiger partial charge in [-0.3, -0.25) is 9.48 Å². The normalized spacial score (nSPS) is 19.2. The number of amides is 1. The minimum atomic E-state index is -2.67. The largest absolute Gasteiger partial charge is 0.598 e. The van der Waals surface area contributed by atoms with Crippen molar-refractivity contribution < 1.29 is 18.1 Å². The van der Waals surface area contributed by atoms with Crippen molar-refractivity contribution >= 4 is 28.3 Å². The van der Waals surface area contributed by atoms with Crippen LogP contribution >= 0.6 is 0 Å². The number of alkyl halides is 2. The van der Waals surface area contributed by atoms with E-state index in [9.17, 15) is 18.1 Å². The molecule has 1 unspecified atom stereocenters. The Hall–Kier alpha value is -2.50. The number of carbonyl (C=O) groups is 1. The highest BCUT2D eigenvalue weighted by atomic mass is 32.2. The van der Waals surface area contributed by atoms with Crippen molar-refractivity contribution in [1.82, 2.24) is 29.8 Å². The lowest BCUT2D eigenvalue weighted by Crippen LogP contribution is -2.40. The third-order valence-corrected chi connectivity index (χ3v) is 8.41. The van der Waals surface area contributed by atoms with Gasteiger partial charge in [0.1, 0.15) is 16.3 Å². The summed E-state index contributed by atoms with van der Waals surface area (Å²) in [7, 11) is 1.68. The SMILES string of the molecule is C[C@@H](N[S+]([O-])C(C)(C)C)c1ccc2[nH]c([C@@H](NC(=O)c3ccnn3C)C3CCC(F)(F)CC3)nc2c1. The molecule has 36 heavy (non-hydrogen) atoms. The third kappa shape index (κ3) is 5.90. The molecule has 0 spiro atoms. The number of H-pyrrole nitrogens is 1. The van der Waals surface area contributed by atoms with Gasteiger partial charge in [-0.1, -0.05) is 6.07 Å². The van der Waals surface area contributed by atoms with E-state index in [2.05, 4.69) is 20.1 Å². The van der Waals surface area contributed by atoms with Gasteiger partial charge in [-0.05, 0) is 70.2 Å². The van der Waals surface area contributed by atoms with Crippen molar-refractivity contribution in [2.75, 3.05) is 0 Å². The number of aryl methyl sites for hydroxylation is 1. The second-order valence-corrected chi connectivity index (χ2v) is 12.6. The molecule has 0 bridgehead atoms.